The molecule has 0 spiro atoms. The summed E-state index contributed by atoms with van der Waals surface area (Å²) >= 11 is 0. The standard InChI is InChI=1S/C12H23NO/c1-2-12(10-5-3-4-6-10)9-11(13)7-8-14-12/h10-11H,2-9,13H2,1H3. The molecule has 0 aromatic heterocycles. The van der Waals surface area contributed by atoms with E-state index in [1.807, 2.05) is 0 Å². The van der Waals surface area contributed by atoms with Crippen LogP contribution >= 0.6 is 0 Å². The van der Waals surface area contributed by atoms with Gasteiger partial charge in [0.2, 0.25) is 0 Å². The molecule has 1 aliphatic heterocycles. The average Bonchev–Trinajstić information content (AvgIpc) is 2.71. The van der Waals surface area contributed by atoms with Gasteiger partial charge in [-0.25, -0.2) is 0 Å². The highest BCUT2D eigenvalue weighted by Gasteiger charge is 2.42. The molecular formula is C12H23NO. The van der Waals surface area contributed by atoms with Crippen molar-refractivity contribution in [3.8, 4) is 0 Å². The Labute approximate surface area is 87.2 Å². The molecule has 0 bridgehead atoms. The molecule has 0 amide bonds. The monoisotopic (exact) mass is 197 g/mol. The quantitative estimate of drug-likeness (QED) is 0.738. The first kappa shape index (κ1) is 10.4. The summed E-state index contributed by atoms with van der Waals surface area (Å²) in [6, 6.07) is 0.379. The van der Waals surface area contributed by atoms with E-state index in [0.717, 1.165) is 31.8 Å². The Bertz CT molecular complexity index is 189. The van der Waals surface area contributed by atoms with Gasteiger partial charge in [-0.1, -0.05) is 19.8 Å². The SMILES string of the molecule is CCC1(C2CCCC2)CC(N)CCO1. The summed E-state index contributed by atoms with van der Waals surface area (Å²) in [6.45, 7) is 3.14. The highest BCUT2D eigenvalue weighted by molar-refractivity contribution is 4.95. The lowest BCUT2D eigenvalue weighted by Crippen LogP contribution is -2.49. The van der Waals surface area contributed by atoms with Gasteiger partial charge in [-0.15, -0.1) is 0 Å². The molecule has 0 aromatic rings. The highest BCUT2D eigenvalue weighted by atomic mass is 16.5. The van der Waals surface area contributed by atoms with Crippen LogP contribution in [-0.2, 0) is 4.74 Å². The summed E-state index contributed by atoms with van der Waals surface area (Å²) in [7, 11) is 0. The third-order valence-electron chi connectivity index (χ3n) is 4.18. The summed E-state index contributed by atoms with van der Waals surface area (Å²) < 4.78 is 6.09. The van der Waals surface area contributed by atoms with Crippen molar-refractivity contribution < 1.29 is 4.74 Å². The van der Waals surface area contributed by atoms with Crippen molar-refractivity contribution in [1.82, 2.24) is 0 Å². The summed E-state index contributed by atoms with van der Waals surface area (Å²) in [5, 5.41) is 0. The minimum absolute atomic E-state index is 0.147. The van der Waals surface area contributed by atoms with E-state index in [1.165, 1.54) is 25.7 Å². The van der Waals surface area contributed by atoms with E-state index in [2.05, 4.69) is 6.92 Å². The fraction of sp³-hybridized carbons (Fsp3) is 1.00. The lowest BCUT2D eigenvalue weighted by Gasteiger charge is -2.43. The van der Waals surface area contributed by atoms with Gasteiger partial charge < -0.3 is 10.5 Å². The lowest BCUT2D eigenvalue weighted by atomic mass is 9.77. The minimum Gasteiger partial charge on any atom is -0.375 e. The first-order valence-corrected chi connectivity index (χ1v) is 6.16. The summed E-state index contributed by atoms with van der Waals surface area (Å²) in [6.07, 6.45) is 8.80. The first-order valence-electron chi connectivity index (χ1n) is 6.16. The van der Waals surface area contributed by atoms with E-state index in [-0.39, 0.29) is 5.60 Å². The zero-order valence-electron chi connectivity index (χ0n) is 9.30. The molecule has 0 aromatic carbocycles. The maximum atomic E-state index is 6.09. The molecular weight excluding hydrogens is 174 g/mol. The van der Waals surface area contributed by atoms with Crippen LogP contribution in [0.15, 0.2) is 0 Å². The van der Waals surface area contributed by atoms with Gasteiger partial charge in [-0.3, -0.25) is 0 Å². The molecule has 82 valence electrons. The zero-order chi connectivity index (χ0) is 10.0. The van der Waals surface area contributed by atoms with Gasteiger partial charge in [0.15, 0.2) is 0 Å². The van der Waals surface area contributed by atoms with Gasteiger partial charge in [0.05, 0.1) is 5.60 Å². The summed E-state index contributed by atoms with van der Waals surface area (Å²) in [5.41, 5.74) is 6.22. The van der Waals surface area contributed by atoms with E-state index >= 15 is 0 Å². The van der Waals surface area contributed by atoms with Crippen LogP contribution in [0.4, 0.5) is 0 Å². The molecule has 0 radical (unpaired) electrons. The van der Waals surface area contributed by atoms with Crippen LogP contribution in [0.5, 0.6) is 0 Å². The van der Waals surface area contributed by atoms with E-state index in [1.54, 1.807) is 0 Å². The molecule has 2 fully saturated rings. The predicted octanol–water partition coefficient (Wildman–Crippen LogP) is 2.46. The third-order valence-corrected chi connectivity index (χ3v) is 4.18. The fourth-order valence-corrected chi connectivity index (χ4v) is 3.29. The van der Waals surface area contributed by atoms with Crippen LogP contribution in [0, 0.1) is 5.92 Å². The van der Waals surface area contributed by atoms with E-state index in [9.17, 15) is 0 Å². The second-order valence-corrected chi connectivity index (χ2v) is 5.00. The highest BCUT2D eigenvalue weighted by Crippen LogP contribution is 2.43. The molecule has 2 rings (SSSR count). The van der Waals surface area contributed by atoms with E-state index in [0.29, 0.717) is 6.04 Å². The van der Waals surface area contributed by atoms with E-state index in [4.69, 9.17) is 10.5 Å². The van der Waals surface area contributed by atoms with Crippen LogP contribution < -0.4 is 5.73 Å². The molecule has 2 atom stereocenters. The maximum Gasteiger partial charge on any atom is 0.0722 e. The molecule has 2 N–H and O–H groups in total. The van der Waals surface area contributed by atoms with Crippen molar-refractivity contribution >= 4 is 0 Å². The Morgan fingerprint density at radius 1 is 1.29 bits per heavy atom. The Morgan fingerprint density at radius 2 is 2.00 bits per heavy atom. The normalized spacial score (nSPS) is 40.3. The van der Waals surface area contributed by atoms with Gasteiger partial charge in [0, 0.05) is 12.6 Å². The smallest absolute Gasteiger partial charge is 0.0722 e. The van der Waals surface area contributed by atoms with Crippen LogP contribution in [0.1, 0.15) is 51.9 Å². The molecule has 2 unspecified atom stereocenters. The molecule has 1 saturated heterocycles. The lowest BCUT2D eigenvalue weighted by molar-refractivity contribution is -0.122. The Balaban J connectivity index is 2.06. The third kappa shape index (κ3) is 1.82. The number of hydrogen-bond donors (Lipinski definition) is 1. The van der Waals surface area contributed by atoms with Crippen molar-refractivity contribution in [2.24, 2.45) is 11.7 Å². The molecule has 1 aliphatic carbocycles. The van der Waals surface area contributed by atoms with Crippen LogP contribution in [-0.4, -0.2) is 18.2 Å². The van der Waals surface area contributed by atoms with Gasteiger partial charge in [-0.2, -0.15) is 0 Å². The van der Waals surface area contributed by atoms with Crippen molar-refractivity contribution in [3.05, 3.63) is 0 Å². The molecule has 14 heavy (non-hydrogen) atoms. The first-order chi connectivity index (χ1) is 6.77. The maximum absolute atomic E-state index is 6.09. The minimum atomic E-state index is 0.147. The molecule has 2 nitrogen and oxygen atoms in total. The van der Waals surface area contributed by atoms with Gasteiger partial charge >= 0.3 is 0 Å². The Hall–Kier alpha value is -0.0800. The number of ether oxygens (including phenoxy) is 1. The number of rotatable bonds is 2. The van der Waals surface area contributed by atoms with Gasteiger partial charge in [0.1, 0.15) is 0 Å². The second kappa shape index (κ2) is 4.19. The summed E-state index contributed by atoms with van der Waals surface area (Å²) in [4.78, 5) is 0. The van der Waals surface area contributed by atoms with Crippen molar-refractivity contribution in [2.45, 2.75) is 63.5 Å². The van der Waals surface area contributed by atoms with Crippen molar-refractivity contribution in [1.29, 1.82) is 0 Å². The van der Waals surface area contributed by atoms with Gasteiger partial charge in [-0.05, 0) is 38.0 Å². The Kier molecular flexibility index (Phi) is 3.13. The largest absolute Gasteiger partial charge is 0.375 e. The van der Waals surface area contributed by atoms with Crippen LogP contribution in [0.2, 0.25) is 0 Å². The summed E-state index contributed by atoms with van der Waals surface area (Å²) in [5.74, 6) is 0.791. The number of hydrogen-bond acceptors (Lipinski definition) is 2. The zero-order valence-corrected chi connectivity index (χ0v) is 9.30. The fourth-order valence-electron chi connectivity index (χ4n) is 3.29. The molecule has 1 saturated carbocycles. The molecule has 2 aliphatic rings. The number of nitrogens with two attached hydrogens (primary N) is 1. The topological polar surface area (TPSA) is 35.2 Å². The second-order valence-electron chi connectivity index (χ2n) is 5.00. The van der Waals surface area contributed by atoms with Crippen LogP contribution in [0.25, 0.3) is 0 Å². The average molecular weight is 197 g/mol. The van der Waals surface area contributed by atoms with Crippen molar-refractivity contribution in [3.63, 3.8) is 0 Å². The van der Waals surface area contributed by atoms with Crippen molar-refractivity contribution in [2.75, 3.05) is 6.61 Å². The Morgan fingerprint density at radius 3 is 2.57 bits per heavy atom. The van der Waals surface area contributed by atoms with E-state index < -0.39 is 0 Å². The molecule has 1 heterocycles. The van der Waals surface area contributed by atoms with Crippen LogP contribution in [0.3, 0.4) is 0 Å². The van der Waals surface area contributed by atoms with Gasteiger partial charge in [0.25, 0.3) is 0 Å². The predicted molar refractivity (Wildman–Crippen MR) is 58.1 cm³/mol. The molecule has 2 heteroatoms.